The van der Waals surface area contributed by atoms with E-state index in [1.807, 2.05) is 35.2 Å². The molecule has 1 fully saturated rings. The molecule has 2 N–H and O–H groups in total. The minimum Gasteiger partial charge on any atom is -0.339 e. The van der Waals surface area contributed by atoms with Crippen molar-refractivity contribution in [3.05, 3.63) is 18.0 Å². The van der Waals surface area contributed by atoms with E-state index in [0.717, 1.165) is 43.7 Å². The van der Waals surface area contributed by atoms with E-state index in [9.17, 15) is 4.79 Å². The van der Waals surface area contributed by atoms with Gasteiger partial charge in [-0.3, -0.25) is 9.48 Å². The Morgan fingerprint density at radius 1 is 1.65 bits per heavy atom. The number of aryl methyl sites for hydroxylation is 1. The molecule has 1 amide bonds. The minimum absolute atomic E-state index is 0.0904. The maximum atomic E-state index is 12.3. The number of piperidine rings is 1. The second kappa shape index (κ2) is 7.13. The largest absolute Gasteiger partial charge is 0.339 e. The first kappa shape index (κ1) is 15.4. The fraction of sp³-hybridized carbons (Fsp3) is 0.714. The smallest absolute Gasteiger partial charge is 0.239 e. The molecule has 2 heterocycles. The Morgan fingerprint density at radius 2 is 2.45 bits per heavy atom. The summed E-state index contributed by atoms with van der Waals surface area (Å²) in [6, 6.07) is -0.0743. The quantitative estimate of drug-likeness (QED) is 0.893. The lowest BCUT2D eigenvalue weighted by atomic mass is 10.0. The van der Waals surface area contributed by atoms with Crippen LogP contribution in [0.2, 0.25) is 0 Å². The summed E-state index contributed by atoms with van der Waals surface area (Å²) in [5, 5.41) is 4.37. The highest BCUT2D eigenvalue weighted by Gasteiger charge is 2.27. The van der Waals surface area contributed by atoms with E-state index in [2.05, 4.69) is 5.10 Å². The molecule has 20 heavy (non-hydrogen) atoms. The lowest BCUT2D eigenvalue weighted by Crippen LogP contribution is -2.48. The first-order chi connectivity index (χ1) is 9.61. The van der Waals surface area contributed by atoms with Gasteiger partial charge in [0.25, 0.3) is 0 Å². The molecule has 6 heteroatoms. The summed E-state index contributed by atoms with van der Waals surface area (Å²) in [5.74, 6) is 1.02. The molecule has 1 unspecified atom stereocenters. The predicted molar refractivity (Wildman–Crippen MR) is 82.8 cm³/mol. The standard InChI is InChI=1S/C14H24N4OS/c1-11-8-16-18(9-11)12-4-3-6-17(10-12)14(19)13(15)5-7-20-2/h8-9,12-13H,3-7,10,15H2,1-2H3/t12?,13-/m0/s1. The van der Waals surface area contributed by atoms with Gasteiger partial charge < -0.3 is 10.6 Å². The van der Waals surface area contributed by atoms with Gasteiger partial charge in [-0.2, -0.15) is 16.9 Å². The number of likely N-dealkylation sites (tertiary alicyclic amines) is 1. The Hall–Kier alpha value is -1.01. The molecule has 0 spiro atoms. The van der Waals surface area contributed by atoms with Crippen LogP contribution in [0.15, 0.2) is 12.4 Å². The van der Waals surface area contributed by atoms with Gasteiger partial charge in [-0.15, -0.1) is 0 Å². The summed E-state index contributed by atoms with van der Waals surface area (Å²) in [6.45, 7) is 3.59. The van der Waals surface area contributed by atoms with E-state index in [-0.39, 0.29) is 18.0 Å². The molecule has 0 aromatic carbocycles. The third-order valence-corrected chi connectivity index (χ3v) is 4.41. The lowest BCUT2D eigenvalue weighted by Gasteiger charge is -2.34. The Labute approximate surface area is 124 Å². The van der Waals surface area contributed by atoms with Gasteiger partial charge in [0.1, 0.15) is 0 Å². The van der Waals surface area contributed by atoms with Crippen LogP contribution in [-0.4, -0.2) is 51.7 Å². The molecule has 1 aromatic heterocycles. The first-order valence-electron chi connectivity index (χ1n) is 7.16. The van der Waals surface area contributed by atoms with Crippen molar-refractivity contribution < 1.29 is 4.79 Å². The fourth-order valence-electron chi connectivity index (χ4n) is 2.61. The van der Waals surface area contributed by atoms with Gasteiger partial charge in [-0.05, 0) is 43.8 Å². The molecule has 2 atom stereocenters. The number of aromatic nitrogens is 2. The Morgan fingerprint density at radius 3 is 3.10 bits per heavy atom. The van der Waals surface area contributed by atoms with Crippen molar-refractivity contribution in [2.75, 3.05) is 25.1 Å². The van der Waals surface area contributed by atoms with Crippen molar-refractivity contribution in [1.82, 2.24) is 14.7 Å². The van der Waals surface area contributed by atoms with Crippen LogP contribution in [0.5, 0.6) is 0 Å². The molecule has 2 rings (SSSR count). The number of hydrogen-bond acceptors (Lipinski definition) is 4. The molecular weight excluding hydrogens is 272 g/mol. The van der Waals surface area contributed by atoms with E-state index in [1.165, 1.54) is 0 Å². The number of carbonyl (C=O) groups excluding carboxylic acids is 1. The lowest BCUT2D eigenvalue weighted by molar-refractivity contribution is -0.134. The van der Waals surface area contributed by atoms with Gasteiger partial charge in [-0.25, -0.2) is 0 Å². The van der Waals surface area contributed by atoms with E-state index in [0.29, 0.717) is 0 Å². The molecule has 0 saturated carbocycles. The summed E-state index contributed by atoms with van der Waals surface area (Å²) in [5.41, 5.74) is 7.15. The number of nitrogens with two attached hydrogens (primary N) is 1. The predicted octanol–water partition coefficient (Wildman–Crippen LogP) is 1.44. The van der Waals surface area contributed by atoms with Crippen LogP contribution in [0.25, 0.3) is 0 Å². The van der Waals surface area contributed by atoms with Crippen LogP contribution in [0.4, 0.5) is 0 Å². The van der Waals surface area contributed by atoms with E-state index >= 15 is 0 Å². The second-order valence-corrected chi connectivity index (χ2v) is 6.45. The molecule has 1 aromatic rings. The summed E-state index contributed by atoms with van der Waals surface area (Å²) in [4.78, 5) is 14.3. The van der Waals surface area contributed by atoms with Gasteiger partial charge >= 0.3 is 0 Å². The van der Waals surface area contributed by atoms with Gasteiger partial charge in [0.05, 0.1) is 18.3 Å². The Kier molecular flexibility index (Phi) is 5.48. The number of thioether (sulfide) groups is 1. The summed E-state index contributed by atoms with van der Waals surface area (Å²) >= 11 is 1.73. The van der Waals surface area contributed by atoms with Crippen LogP contribution in [-0.2, 0) is 4.79 Å². The molecule has 1 saturated heterocycles. The van der Waals surface area contributed by atoms with Crippen molar-refractivity contribution >= 4 is 17.7 Å². The topological polar surface area (TPSA) is 64.2 Å². The van der Waals surface area contributed by atoms with Crippen molar-refractivity contribution in [2.24, 2.45) is 5.73 Å². The zero-order chi connectivity index (χ0) is 14.5. The van der Waals surface area contributed by atoms with Gasteiger partial charge in [0, 0.05) is 19.3 Å². The SMILES string of the molecule is CSCC[C@H](N)C(=O)N1CCCC(n2cc(C)cn2)C1. The maximum absolute atomic E-state index is 12.3. The molecule has 0 aliphatic carbocycles. The average Bonchev–Trinajstić information content (AvgIpc) is 2.90. The van der Waals surface area contributed by atoms with Crippen LogP contribution in [0.1, 0.15) is 30.9 Å². The minimum atomic E-state index is -0.361. The summed E-state index contributed by atoms with van der Waals surface area (Å²) in [6.07, 6.45) is 8.79. The monoisotopic (exact) mass is 296 g/mol. The van der Waals surface area contributed by atoms with Crippen molar-refractivity contribution in [3.63, 3.8) is 0 Å². The zero-order valence-electron chi connectivity index (χ0n) is 12.3. The molecular formula is C14H24N4OS. The number of amides is 1. The Balaban J connectivity index is 1.94. The molecule has 0 bridgehead atoms. The van der Waals surface area contributed by atoms with Crippen molar-refractivity contribution in [1.29, 1.82) is 0 Å². The van der Waals surface area contributed by atoms with Crippen molar-refractivity contribution in [3.8, 4) is 0 Å². The molecule has 112 valence electrons. The second-order valence-electron chi connectivity index (χ2n) is 5.47. The van der Waals surface area contributed by atoms with Crippen LogP contribution < -0.4 is 5.73 Å². The van der Waals surface area contributed by atoms with E-state index in [4.69, 9.17) is 5.73 Å². The zero-order valence-corrected chi connectivity index (χ0v) is 13.1. The normalized spacial score (nSPS) is 20.9. The third kappa shape index (κ3) is 3.76. The van der Waals surface area contributed by atoms with Gasteiger partial charge in [0.15, 0.2) is 0 Å². The fourth-order valence-corrected chi connectivity index (χ4v) is 3.10. The Bertz CT molecular complexity index is 448. The number of hydrogen-bond donors (Lipinski definition) is 1. The van der Waals surface area contributed by atoms with Crippen LogP contribution in [0, 0.1) is 6.92 Å². The summed E-state index contributed by atoms with van der Waals surface area (Å²) in [7, 11) is 0. The summed E-state index contributed by atoms with van der Waals surface area (Å²) < 4.78 is 1.99. The molecule has 1 aliphatic rings. The molecule has 1 aliphatic heterocycles. The van der Waals surface area contributed by atoms with Gasteiger partial charge in [0.2, 0.25) is 5.91 Å². The highest BCUT2D eigenvalue weighted by atomic mass is 32.2. The number of rotatable bonds is 5. The van der Waals surface area contributed by atoms with Crippen LogP contribution >= 0.6 is 11.8 Å². The maximum Gasteiger partial charge on any atom is 0.239 e. The third-order valence-electron chi connectivity index (χ3n) is 3.76. The highest BCUT2D eigenvalue weighted by Crippen LogP contribution is 2.22. The molecule has 5 nitrogen and oxygen atoms in total. The highest BCUT2D eigenvalue weighted by molar-refractivity contribution is 7.98. The van der Waals surface area contributed by atoms with E-state index < -0.39 is 0 Å². The van der Waals surface area contributed by atoms with E-state index in [1.54, 1.807) is 11.8 Å². The van der Waals surface area contributed by atoms with Gasteiger partial charge in [-0.1, -0.05) is 0 Å². The van der Waals surface area contributed by atoms with Crippen LogP contribution in [0.3, 0.4) is 0 Å². The van der Waals surface area contributed by atoms with Crippen molar-refractivity contribution in [2.45, 2.75) is 38.3 Å². The first-order valence-corrected chi connectivity index (χ1v) is 8.55. The number of nitrogens with zero attached hydrogens (tertiary/aromatic N) is 3. The number of carbonyl (C=O) groups is 1. The molecule has 0 radical (unpaired) electrons. The average molecular weight is 296 g/mol.